The first-order chi connectivity index (χ1) is 11.0. The van der Waals surface area contributed by atoms with Gasteiger partial charge in [-0.3, -0.25) is 4.79 Å². The standard InChI is InChI=1S/C19H24N2O2.ClH/c1-13-4-7-15(8-5-13)18(20)19(22)21-11-10-16-12-14(2)6-9-17(16)23-3;/h4-9,12,18H,10-11,20H2,1-3H3,(H,21,22);1H. The number of benzene rings is 2. The summed E-state index contributed by atoms with van der Waals surface area (Å²) >= 11 is 0. The molecule has 0 radical (unpaired) electrons. The maximum atomic E-state index is 12.2. The van der Waals surface area contributed by atoms with Crippen LogP contribution in [0, 0.1) is 13.8 Å². The summed E-state index contributed by atoms with van der Waals surface area (Å²) in [5.74, 6) is 0.674. The molecule has 0 aliphatic rings. The maximum Gasteiger partial charge on any atom is 0.241 e. The van der Waals surface area contributed by atoms with Crippen molar-refractivity contribution < 1.29 is 9.53 Å². The average Bonchev–Trinajstić information content (AvgIpc) is 2.55. The molecule has 2 aromatic rings. The zero-order chi connectivity index (χ0) is 16.8. The van der Waals surface area contributed by atoms with Gasteiger partial charge in [-0.15, -0.1) is 12.4 Å². The molecule has 0 aromatic heterocycles. The van der Waals surface area contributed by atoms with Gasteiger partial charge in [0.05, 0.1) is 7.11 Å². The van der Waals surface area contributed by atoms with E-state index >= 15 is 0 Å². The SMILES string of the molecule is COc1ccc(C)cc1CCNC(=O)C(N)c1ccc(C)cc1.Cl. The first-order valence-electron chi connectivity index (χ1n) is 7.74. The van der Waals surface area contributed by atoms with Crippen molar-refractivity contribution >= 4 is 18.3 Å². The van der Waals surface area contributed by atoms with Gasteiger partial charge in [-0.25, -0.2) is 0 Å². The molecule has 24 heavy (non-hydrogen) atoms. The van der Waals surface area contributed by atoms with Gasteiger partial charge in [-0.1, -0.05) is 47.5 Å². The molecule has 3 N–H and O–H groups in total. The highest BCUT2D eigenvalue weighted by molar-refractivity contribution is 5.85. The minimum absolute atomic E-state index is 0. The number of rotatable bonds is 6. The monoisotopic (exact) mass is 348 g/mol. The van der Waals surface area contributed by atoms with Gasteiger partial charge < -0.3 is 15.8 Å². The van der Waals surface area contributed by atoms with Crippen molar-refractivity contribution in [2.45, 2.75) is 26.3 Å². The summed E-state index contributed by atoms with van der Waals surface area (Å²) in [4.78, 5) is 12.2. The number of hydrogen-bond donors (Lipinski definition) is 2. The third-order valence-corrected chi connectivity index (χ3v) is 3.85. The first-order valence-corrected chi connectivity index (χ1v) is 7.74. The Balaban J connectivity index is 0.00000288. The predicted octanol–water partition coefficient (Wildman–Crippen LogP) is 3.09. The number of nitrogens with two attached hydrogens (primary N) is 1. The van der Waals surface area contributed by atoms with Gasteiger partial charge >= 0.3 is 0 Å². The highest BCUT2D eigenvalue weighted by Gasteiger charge is 2.15. The van der Waals surface area contributed by atoms with Gasteiger partial charge in [0, 0.05) is 6.54 Å². The Kier molecular flexibility index (Phi) is 7.75. The number of carbonyl (C=O) groups excluding carboxylic acids is 1. The summed E-state index contributed by atoms with van der Waals surface area (Å²) < 4.78 is 5.35. The summed E-state index contributed by atoms with van der Waals surface area (Å²) in [6, 6.07) is 13.1. The molecule has 1 amide bonds. The van der Waals surface area contributed by atoms with Crippen LogP contribution in [0.25, 0.3) is 0 Å². The molecule has 0 saturated carbocycles. The number of aryl methyl sites for hydroxylation is 2. The van der Waals surface area contributed by atoms with Crippen LogP contribution in [0.5, 0.6) is 5.75 Å². The molecular formula is C19H25ClN2O2. The fourth-order valence-corrected chi connectivity index (χ4v) is 2.46. The van der Waals surface area contributed by atoms with Crippen molar-refractivity contribution in [2.24, 2.45) is 5.73 Å². The van der Waals surface area contributed by atoms with Crippen LogP contribution in [0.15, 0.2) is 42.5 Å². The second-order valence-corrected chi connectivity index (χ2v) is 5.74. The largest absolute Gasteiger partial charge is 0.496 e. The molecule has 0 heterocycles. The number of methoxy groups -OCH3 is 1. The molecule has 0 fully saturated rings. The van der Waals surface area contributed by atoms with Gasteiger partial charge in [-0.05, 0) is 37.5 Å². The molecule has 2 aromatic carbocycles. The van der Waals surface area contributed by atoms with E-state index in [9.17, 15) is 4.79 Å². The molecule has 1 atom stereocenters. The third-order valence-electron chi connectivity index (χ3n) is 3.85. The van der Waals surface area contributed by atoms with E-state index < -0.39 is 6.04 Å². The van der Waals surface area contributed by atoms with E-state index in [4.69, 9.17) is 10.5 Å². The van der Waals surface area contributed by atoms with Crippen molar-refractivity contribution in [3.05, 3.63) is 64.7 Å². The van der Waals surface area contributed by atoms with E-state index in [0.717, 1.165) is 22.4 Å². The molecule has 0 aliphatic heterocycles. The van der Waals surface area contributed by atoms with Crippen molar-refractivity contribution in [1.82, 2.24) is 5.32 Å². The van der Waals surface area contributed by atoms with Crippen molar-refractivity contribution in [1.29, 1.82) is 0 Å². The molecule has 0 aliphatic carbocycles. The molecule has 0 saturated heterocycles. The number of ether oxygens (including phenoxy) is 1. The number of carbonyl (C=O) groups is 1. The van der Waals surface area contributed by atoms with Gasteiger partial charge in [0.25, 0.3) is 0 Å². The van der Waals surface area contributed by atoms with E-state index in [2.05, 4.69) is 11.4 Å². The molecule has 1 unspecified atom stereocenters. The van der Waals surface area contributed by atoms with E-state index in [1.807, 2.05) is 50.2 Å². The average molecular weight is 349 g/mol. The fraction of sp³-hybridized carbons (Fsp3) is 0.316. The number of amides is 1. The van der Waals surface area contributed by atoms with Crippen LogP contribution < -0.4 is 15.8 Å². The Labute approximate surface area is 149 Å². The Bertz CT molecular complexity index is 672. The topological polar surface area (TPSA) is 64.3 Å². The van der Waals surface area contributed by atoms with Crippen LogP contribution in [0.2, 0.25) is 0 Å². The first kappa shape index (κ1) is 20.0. The van der Waals surface area contributed by atoms with Crippen LogP contribution in [-0.2, 0) is 11.2 Å². The van der Waals surface area contributed by atoms with Gasteiger partial charge in [0.15, 0.2) is 0 Å². The third kappa shape index (κ3) is 5.25. The summed E-state index contributed by atoms with van der Waals surface area (Å²) in [5, 5.41) is 2.90. The van der Waals surface area contributed by atoms with Crippen LogP contribution >= 0.6 is 12.4 Å². The minimum Gasteiger partial charge on any atom is -0.496 e. The van der Waals surface area contributed by atoms with Crippen molar-refractivity contribution in [3.63, 3.8) is 0 Å². The number of nitrogens with one attached hydrogen (secondary N) is 1. The summed E-state index contributed by atoms with van der Waals surface area (Å²) in [7, 11) is 1.65. The predicted molar refractivity (Wildman–Crippen MR) is 99.8 cm³/mol. The Hall–Kier alpha value is -2.04. The lowest BCUT2D eigenvalue weighted by Crippen LogP contribution is -2.35. The maximum absolute atomic E-state index is 12.2. The van der Waals surface area contributed by atoms with E-state index in [-0.39, 0.29) is 18.3 Å². The summed E-state index contributed by atoms with van der Waals surface area (Å²) in [6.07, 6.45) is 0.706. The fourth-order valence-electron chi connectivity index (χ4n) is 2.46. The lowest BCUT2D eigenvalue weighted by Gasteiger charge is -2.14. The summed E-state index contributed by atoms with van der Waals surface area (Å²) in [5.41, 5.74) is 10.2. The molecular weight excluding hydrogens is 324 g/mol. The smallest absolute Gasteiger partial charge is 0.241 e. The zero-order valence-corrected chi connectivity index (χ0v) is 15.2. The highest BCUT2D eigenvalue weighted by atomic mass is 35.5. The number of hydrogen-bond acceptors (Lipinski definition) is 3. The number of halogens is 1. The van der Waals surface area contributed by atoms with Crippen LogP contribution in [0.1, 0.15) is 28.3 Å². The van der Waals surface area contributed by atoms with Crippen molar-refractivity contribution in [2.75, 3.05) is 13.7 Å². The van der Waals surface area contributed by atoms with E-state index in [1.54, 1.807) is 7.11 Å². The Morgan fingerprint density at radius 1 is 1.12 bits per heavy atom. The van der Waals surface area contributed by atoms with Gasteiger partial charge in [-0.2, -0.15) is 0 Å². The molecule has 5 heteroatoms. The molecule has 4 nitrogen and oxygen atoms in total. The lowest BCUT2D eigenvalue weighted by molar-refractivity contribution is -0.122. The van der Waals surface area contributed by atoms with Gasteiger partial charge in [0.1, 0.15) is 11.8 Å². The zero-order valence-electron chi connectivity index (χ0n) is 14.3. The van der Waals surface area contributed by atoms with Crippen LogP contribution in [0.4, 0.5) is 0 Å². The molecule has 0 bridgehead atoms. The van der Waals surface area contributed by atoms with Crippen LogP contribution in [-0.4, -0.2) is 19.6 Å². The summed E-state index contributed by atoms with van der Waals surface area (Å²) in [6.45, 7) is 4.57. The Morgan fingerprint density at radius 2 is 1.75 bits per heavy atom. The Morgan fingerprint density at radius 3 is 2.38 bits per heavy atom. The van der Waals surface area contributed by atoms with Crippen LogP contribution in [0.3, 0.4) is 0 Å². The molecule has 2 rings (SSSR count). The molecule has 0 spiro atoms. The quantitative estimate of drug-likeness (QED) is 0.843. The van der Waals surface area contributed by atoms with E-state index in [0.29, 0.717) is 13.0 Å². The molecule has 130 valence electrons. The van der Waals surface area contributed by atoms with E-state index in [1.165, 1.54) is 5.56 Å². The highest BCUT2D eigenvalue weighted by Crippen LogP contribution is 2.20. The normalized spacial score (nSPS) is 11.3. The lowest BCUT2D eigenvalue weighted by atomic mass is 10.0. The second kappa shape index (κ2) is 9.30. The minimum atomic E-state index is -0.644. The van der Waals surface area contributed by atoms with Gasteiger partial charge in [0.2, 0.25) is 5.91 Å². The second-order valence-electron chi connectivity index (χ2n) is 5.74. The van der Waals surface area contributed by atoms with Crippen molar-refractivity contribution in [3.8, 4) is 5.75 Å².